The smallest absolute Gasteiger partial charge is 0.195 e. The normalized spacial score (nSPS) is 11.2. The number of hydrogen-bond donors (Lipinski definition) is 0. The van der Waals surface area contributed by atoms with E-state index in [0.29, 0.717) is 6.61 Å². The molecule has 0 bridgehead atoms. The van der Waals surface area contributed by atoms with Gasteiger partial charge in [0.1, 0.15) is 0 Å². The Morgan fingerprint density at radius 3 is 2.24 bits per heavy atom. The summed E-state index contributed by atoms with van der Waals surface area (Å²) in [6, 6.07) is 6.55. The van der Waals surface area contributed by atoms with Crippen LogP contribution in [0.4, 0.5) is 17.6 Å². The minimum absolute atomic E-state index is 0.115. The van der Waals surface area contributed by atoms with Crippen LogP contribution in [-0.2, 0) is 0 Å². The molecule has 0 aliphatic rings. The van der Waals surface area contributed by atoms with Crippen molar-refractivity contribution in [3.8, 4) is 5.75 Å². The van der Waals surface area contributed by atoms with Gasteiger partial charge >= 0.3 is 0 Å². The largest absolute Gasteiger partial charge is 0.490 e. The van der Waals surface area contributed by atoms with Crippen molar-refractivity contribution in [1.82, 2.24) is 0 Å². The highest BCUT2D eigenvalue weighted by molar-refractivity contribution is 5.70. The van der Waals surface area contributed by atoms with Gasteiger partial charge in [-0.25, -0.2) is 17.6 Å². The van der Waals surface area contributed by atoms with Crippen molar-refractivity contribution in [2.75, 3.05) is 6.61 Å². The van der Waals surface area contributed by atoms with Crippen LogP contribution >= 0.6 is 0 Å². The van der Waals surface area contributed by atoms with Crippen molar-refractivity contribution in [1.29, 1.82) is 0 Å². The Bertz CT molecular complexity index is 741. The van der Waals surface area contributed by atoms with Gasteiger partial charge in [0.05, 0.1) is 6.61 Å². The second kappa shape index (κ2) is 9.25. The van der Waals surface area contributed by atoms with E-state index in [9.17, 15) is 17.6 Å². The second-order valence-corrected chi connectivity index (χ2v) is 5.67. The highest BCUT2D eigenvalue weighted by Gasteiger charge is 2.12. The van der Waals surface area contributed by atoms with Gasteiger partial charge in [0.2, 0.25) is 0 Å². The molecule has 0 radical (unpaired) electrons. The van der Waals surface area contributed by atoms with Gasteiger partial charge in [0.25, 0.3) is 0 Å². The molecule has 25 heavy (non-hydrogen) atoms. The van der Waals surface area contributed by atoms with Crippen molar-refractivity contribution in [3.63, 3.8) is 0 Å². The molecule has 0 N–H and O–H groups in total. The number of hydrogen-bond acceptors (Lipinski definition) is 1. The molecule has 0 fully saturated rings. The van der Waals surface area contributed by atoms with Crippen LogP contribution < -0.4 is 4.74 Å². The maximum absolute atomic E-state index is 14.4. The predicted octanol–water partition coefficient (Wildman–Crippen LogP) is 6.37. The molecule has 0 saturated heterocycles. The maximum Gasteiger partial charge on any atom is 0.195 e. The Hall–Kier alpha value is -2.30. The zero-order valence-corrected chi connectivity index (χ0v) is 14.0. The fourth-order valence-electron chi connectivity index (χ4n) is 2.33. The van der Waals surface area contributed by atoms with E-state index in [1.807, 2.05) is 0 Å². The van der Waals surface area contributed by atoms with E-state index in [-0.39, 0.29) is 16.9 Å². The van der Waals surface area contributed by atoms with Crippen LogP contribution in [0.2, 0.25) is 0 Å². The third kappa shape index (κ3) is 5.08. The predicted molar refractivity (Wildman–Crippen MR) is 91.3 cm³/mol. The van der Waals surface area contributed by atoms with Gasteiger partial charge in [0.15, 0.2) is 29.0 Å². The number of ether oxygens (including phenoxy) is 1. The summed E-state index contributed by atoms with van der Waals surface area (Å²) in [5.41, 5.74) is 0.0133. The third-order valence-electron chi connectivity index (χ3n) is 3.76. The molecule has 2 aromatic rings. The Morgan fingerprint density at radius 2 is 1.52 bits per heavy atom. The molecule has 2 aromatic carbocycles. The van der Waals surface area contributed by atoms with E-state index in [4.69, 9.17) is 4.74 Å². The van der Waals surface area contributed by atoms with E-state index >= 15 is 0 Å². The van der Waals surface area contributed by atoms with Crippen LogP contribution in [-0.4, -0.2) is 6.61 Å². The lowest BCUT2D eigenvalue weighted by molar-refractivity contribution is 0.290. The monoisotopic (exact) mass is 352 g/mol. The van der Waals surface area contributed by atoms with E-state index in [0.717, 1.165) is 37.8 Å². The van der Waals surface area contributed by atoms with Gasteiger partial charge in [-0.05, 0) is 24.6 Å². The summed E-state index contributed by atoms with van der Waals surface area (Å²) in [4.78, 5) is 0. The molecule has 0 saturated carbocycles. The zero-order chi connectivity index (χ0) is 18.2. The van der Waals surface area contributed by atoms with Crippen molar-refractivity contribution >= 4 is 12.2 Å². The van der Waals surface area contributed by atoms with Gasteiger partial charge in [-0.1, -0.05) is 50.5 Å². The molecular weight excluding hydrogens is 332 g/mol. The molecule has 1 nitrogen and oxygen atoms in total. The lowest BCUT2D eigenvalue weighted by Crippen LogP contribution is -2.00. The summed E-state index contributed by atoms with van der Waals surface area (Å²) in [6.07, 6.45) is 6.57. The molecule has 0 aliphatic heterocycles. The minimum atomic E-state index is -1.55. The fourth-order valence-corrected chi connectivity index (χ4v) is 2.33. The lowest BCUT2D eigenvalue weighted by Gasteiger charge is -2.08. The Morgan fingerprint density at radius 1 is 0.800 bits per heavy atom. The number of benzene rings is 2. The minimum Gasteiger partial charge on any atom is -0.490 e. The molecule has 2 rings (SSSR count). The fraction of sp³-hybridized carbons (Fsp3) is 0.300. The Kier molecular flexibility index (Phi) is 7.04. The zero-order valence-electron chi connectivity index (χ0n) is 14.0. The number of halogens is 4. The van der Waals surface area contributed by atoms with Crippen LogP contribution in [0.15, 0.2) is 30.3 Å². The SMILES string of the molecule is CCCCCCOc1cccc(/C=C/c2ccc(F)c(F)c2F)c1F. The summed E-state index contributed by atoms with van der Waals surface area (Å²) in [5.74, 6) is -4.58. The highest BCUT2D eigenvalue weighted by Crippen LogP contribution is 2.24. The quantitative estimate of drug-likeness (QED) is 0.232. The molecule has 134 valence electrons. The second-order valence-electron chi connectivity index (χ2n) is 5.67. The molecule has 5 heteroatoms. The van der Waals surface area contributed by atoms with Crippen molar-refractivity contribution < 1.29 is 22.3 Å². The number of rotatable bonds is 8. The Balaban J connectivity index is 2.10. The van der Waals surface area contributed by atoms with E-state index < -0.39 is 23.3 Å². The van der Waals surface area contributed by atoms with Crippen LogP contribution in [0.3, 0.4) is 0 Å². The standard InChI is InChI=1S/C20H20F4O/c1-2-3-4-5-13-25-17-8-6-7-14(18(17)22)9-10-15-11-12-16(21)20(24)19(15)23/h6-12H,2-5,13H2,1H3/b10-9+. The first kappa shape index (κ1) is 19.0. The first-order valence-corrected chi connectivity index (χ1v) is 8.27. The topological polar surface area (TPSA) is 9.23 Å². The first-order chi connectivity index (χ1) is 12.0. The third-order valence-corrected chi connectivity index (χ3v) is 3.76. The van der Waals surface area contributed by atoms with Gasteiger partial charge < -0.3 is 4.74 Å². The van der Waals surface area contributed by atoms with Gasteiger partial charge in [-0.2, -0.15) is 0 Å². The summed E-state index contributed by atoms with van der Waals surface area (Å²) < 4.78 is 59.6. The molecule has 0 aromatic heterocycles. The molecule has 0 amide bonds. The van der Waals surface area contributed by atoms with Crippen LogP contribution in [0.25, 0.3) is 12.2 Å². The van der Waals surface area contributed by atoms with Crippen LogP contribution in [0, 0.1) is 23.3 Å². The molecule has 0 unspecified atom stereocenters. The van der Waals surface area contributed by atoms with Gasteiger partial charge in [-0.3, -0.25) is 0 Å². The number of unbranched alkanes of at least 4 members (excludes halogenated alkanes) is 3. The molecule has 0 heterocycles. The van der Waals surface area contributed by atoms with Gasteiger partial charge in [-0.15, -0.1) is 0 Å². The Labute approximate surface area is 144 Å². The van der Waals surface area contributed by atoms with E-state index in [1.54, 1.807) is 6.07 Å². The van der Waals surface area contributed by atoms with E-state index in [2.05, 4.69) is 6.92 Å². The summed E-state index contributed by atoms with van der Waals surface area (Å²) >= 11 is 0. The average Bonchev–Trinajstić information content (AvgIpc) is 2.61. The molecule has 0 aliphatic carbocycles. The summed E-state index contributed by atoms with van der Waals surface area (Å²) in [5, 5.41) is 0. The van der Waals surface area contributed by atoms with Crippen LogP contribution in [0.5, 0.6) is 5.75 Å². The van der Waals surface area contributed by atoms with Gasteiger partial charge in [0, 0.05) is 11.1 Å². The van der Waals surface area contributed by atoms with Crippen molar-refractivity contribution in [2.45, 2.75) is 32.6 Å². The summed E-state index contributed by atoms with van der Waals surface area (Å²) in [7, 11) is 0. The van der Waals surface area contributed by atoms with Crippen LogP contribution in [0.1, 0.15) is 43.7 Å². The summed E-state index contributed by atoms with van der Waals surface area (Å²) in [6.45, 7) is 2.52. The highest BCUT2D eigenvalue weighted by atomic mass is 19.2. The van der Waals surface area contributed by atoms with E-state index in [1.165, 1.54) is 24.3 Å². The maximum atomic E-state index is 14.4. The molecular formula is C20H20F4O. The lowest BCUT2D eigenvalue weighted by atomic mass is 10.1. The molecule has 0 atom stereocenters. The van der Waals surface area contributed by atoms with Crippen molar-refractivity contribution in [3.05, 3.63) is 64.7 Å². The molecule has 0 spiro atoms. The average molecular weight is 352 g/mol. The first-order valence-electron chi connectivity index (χ1n) is 8.27. The van der Waals surface area contributed by atoms with Crippen molar-refractivity contribution in [2.24, 2.45) is 0 Å².